The van der Waals surface area contributed by atoms with E-state index in [0.717, 1.165) is 6.42 Å². The Hall–Kier alpha value is -3.14. The van der Waals surface area contributed by atoms with Crippen molar-refractivity contribution in [2.75, 3.05) is 13.2 Å². The van der Waals surface area contributed by atoms with Crippen LogP contribution in [0.4, 0.5) is 4.79 Å². The van der Waals surface area contributed by atoms with Crippen LogP contribution in [0.25, 0.3) is 0 Å². The second-order valence-electron chi connectivity index (χ2n) is 9.69. The van der Waals surface area contributed by atoms with E-state index >= 15 is 0 Å². The van der Waals surface area contributed by atoms with Crippen molar-refractivity contribution in [3.05, 3.63) is 23.8 Å². The highest BCUT2D eigenvalue weighted by atomic mass is 16.7. The minimum Gasteiger partial charge on any atom is -0.461 e. The molecule has 0 bridgehead atoms. The number of rotatable bonds is 15. The minimum absolute atomic E-state index is 0.0679. The monoisotopic (exact) mass is 537 g/mol. The standard InChI is InChI=1S/C28H43NO9/c1-8-17(4)15-35-28(33)36-20(7)16-34-27(32)22(29)13-21-11-12-23(37-25(30)18(5)9-2)24(14-21)38-26(31)19(6)10-3/h11-12,14,17-20,22H,8-10,13,15-16,29H2,1-7H3/t17?,18?,19?,20-,22-/m0/s1. The van der Waals surface area contributed by atoms with E-state index in [-0.39, 0.29) is 48.9 Å². The van der Waals surface area contributed by atoms with Crippen LogP contribution >= 0.6 is 0 Å². The van der Waals surface area contributed by atoms with Gasteiger partial charge in [0.15, 0.2) is 11.5 Å². The highest BCUT2D eigenvalue weighted by Crippen LogP contribution is 2.31. The van der Waals surface area contributed by atoms with Crippen molar-refractivity contribution in [3.63, 3.8) is 0 Å². The predicted molar refractivity (Wildman–Crippen MR) is 141 cm³/mol. The molecule has 1 rings (SSSR count). The van der Waals surface area contributed by atoms with Crippen LogP contribution in [0.2, 0.25) is 0 Å². The van der Waals surface area contributed by atoms with Crippen molar-refractivity contribution in [1.82, 2.24) is 0 Å². The van der Waals surface area contributed by atoms with Crippen molar-refractivity contribution in [2.24, 2.45) is 23.5 Å². The maximum Gasteiger partial charge on any atom is 0.508 e. The summed E-state index contributed by atoms with van der Waals surface area (Å²) in [6.45, 7) is 12.8. The van der Waals surface area contributed by atoms with Gasteiger partial charge in [0.2, 0.25) is 0 Å². The predicted octanol–water partition coefficient (Wildman–Crippen LogP) is 4.59. The SMILES string of the molecule is CCC(C)COC(=O)O[C@@H](C)COC(=O)[C@@H](N)Cc1ccc(OC(=O)C(C)CC)c(OC(=O)C(C)CC)c1. The van der Waals surface area contributed by atoms with E-state index in [1.807, 2.05) is 27.7 Å². The number of hydrogen-bond acceptors (Lipinski definition) is 10. The van der Waals surface area contributed by atoms with Crippen LogP contribution < -0.4 is 15.2 Å². The summed E-state index contributed by atoms with van der Waals surface area (Å²) in [6.07, 6.45) is 0.562. The van der Waals surface area contributed by atoms with Gasteiger partial charge in [0, 0.05) is 0 Å². The Morgan fingerprint density at radius 3 is 1.89 bits per heavy atom. The Morgan fingerprint density at radius 1 is 0.763 bits per heavy atom. The third-order valence-corrected chi connectivity index (χ3v) is 6.16. The fourth-order valence-corrected chi connectivity index (χ4v) is 2.80. The van der Waals surface area contributed by atoms with Gasteiger partial charge in [-0.3, -0.25) is 14.4 Å². The van der Waals surface area contributed by atoms with Gasteiger partial charge in [-0.15, -0.1) is 0 Å². The van der Waals surface area contributed by atoms with Crippen LogP contribution in [0.1, 0.15) is 73.3 Å². The zero-order valence-corrected chi connectivity index (χ0v) is 23.6. The molecule has 0 radical (unpaired) electrons. The molecule has 0 saturated heterocycles. The Labute approximate surface area is 225 Å². The summed E-state index contributed by atoms with van der Waals surface area (Å²) in [7, 11) is 0. The average Bonchev–Trinajstić information content (AvgIpc) is 2.90. The van der Waals surface area contributed by atoms with E-state index in [9.17, 15) is 19.2 Å². The van der Waals surface area contributed by atoms with Gasteiger partial charge in [0.25, 0.3) is 0 Å². The lowest BCUT2D eigenvalue weighted by Crippen LogP contribution is -2.36. The second-order valence-corrected chi connectivity index (χ2v) is 9.69. The summed E-state index contributed by atoms with van der Waals surface area (Å²) in [6, 6.07) is 3.62. The zero-order valence-electron chi connectivity index (χ0n) is 23.6. The van der Waals surface area contributed by atoms with Crippen LogP contribution in [0.5, 0.6) is 11.5 Å². The molecular formula is C28H43NO9. The number of nitrogens with two attached hydrogens (primary N) is 1. The van der Waals surface area contributed by atoms with Crippen molar-refractivity contribution >= 4 is 24.1 Å². The maximum atomic E-state index is 12.4. The van der Waals surface area contributed by atoms with Crippen molar-refractivity contribution in [1.29, 1.82) is 0 Å². The van der Waals surface area contributed by atoms with Gasteiger partial charge in [0.1, 0.15) is 18.8 Å². The van der Waals surface area contributed by atoms with Gasteiger partial charge in [0.05, 0.1) is 18.4 Å². The first-order valence-electron chi connectivity index (χ1n) is 13.2. The maximum absolute atomic E-state index is 12.4. The third-order valence-electron chi connectivity index (χ3n) is 6.16. The molecule has 10 nitrogen and oxygen atoms in total. The van der Waals surface area contributed by atoms with E-state index in [1.165, 1.54) is 12.1 Å². The largest absolute Gasteiger partial charge is 0.508 e. The molecule has 2 N–H and O–H groups in total. The van der Waals surface area contributed by atoms with Crippen LogP contribution in [0, 0.1) is 17.8 Å². The lowest BCUT2D eigenvalue weighted by atomic mass is 10.1. The molecule has 0 amide bonds. The summed E-state index contributed by atoms with van der Waals surface area (Å²) >= 11 is 0. The van der Waals surface area contributed by atoms with Crippen LogP contribution in [0.3, 0.4) is 0 Å². The minimum atomic E-state index is -1.04. The molecule has 0 aliphatic heterocycles. The van der Waals surface area contributed by atoms with Crippen molar-refractivity contribution in [3.8, 4) is 11.5 Å². The third kappa shape index (κ3) is 11.5. The van der Waals surface area contributed by atoms with Gasteiger partial charge in [-0.2, -0.15) is 0 Å². The molecule has 5 atom stereocenters. The molecule has 0 spiro atoms. The number of ether oxygens (including phenoxy) is 5. The first-order chi connectivity index (χ1) is 17.9. The highest BCUT2D eigenvalue weighted by Gasteiger charge is 2.23. The van der Waals surface area contributed by atoms with Gasteiger partial charge >= 0.3 is 24.1 Å². The lowest BCUT2D eigenvalue weighted by Gasteiger charge is -2.18. The lowest BCUT2D eigenvalue weighted by molar-refractivity contribution is -0.148. The smallest absolute Gasteiger partial charge is 0.461 e. The number of esters is 3. The fourth-order valence-electron chi connectivity index (χ4n) is 2.80. The Morgan fingerprint density at radius 2 is 1.34 bits per heavy atom. The molecule has 10 heteroatoms. The van der Waals surface area contributed by atoms with Crippen LogP contribution in [-0.2, 0) is 35.0 Å². The van der Waals surface area contributed by atoms with E-state index in [4.69, 9.17) is 29.4 Å². The molecule has 0 aliphatic carbocycles. The Bertz CT molecular complexity index is 933. The van der Waals surface area contributed by atoms with Crippen molar-refractivity contribution in [2.45, 2.75) is 86.3 Å². The van der Waals surface area contributed by atoms with E-state index in [1.54, 1.807) is 26.8 Å². The molecule has 214 valence electrons. The summed E-state index contributed by atoms with van der Waals surface area (Å²) in [5.41, 5.74) is 6.60. The first kappa shape index (κ1) is 32.9. The molecule has 0 aliphatic rings. The van der Waals surface area contributed by atoms with Crippen molar-refractivity contribution < 1.29 is 42.9 Å². The number of carbonyl (C=O) groups is 4. The number of benzene rings is 1. The second kappa shape index (κ2) is 16.7. The summed E-state index contributed by atoms with van der Waals surface area (Å²) in [5.74, 6) is -1.89. The van der Waals surface area contributed by atoms with Gasteiger partial charge in [-0.25, -0.2) is 4.79 Å². The molecule has 1 aromatic rings. The molecular weight excluding hydrogens is 494 g/mol. The quantitative estimate of drug-likeness (QED) is 0.249. The normalized spacial score (nSPS) is 14.8. The van der Waals surface area contributed by atoms with E-state index in [2.05, 4.69) is 0 Å². The summed E-state index contributed by atoms with van der Waals surface area (Å²) in [4.78, 5) is 48.9. The van der Waals surface area contributed by atoms with Gasteiger partial charge < -0.3 is 29.4 Å². The molecule has 38 heavy (non-hydrogen) atoms. The molecule has 0 heterocycles. The summed E-state index contributed by atoms with van der Waals surface area (Å²) in [5, 5.41) is 0. The molecule has 0 fully saturated rings. The fraction of sp³-hybridized carbons (Fsp3) is 0.643. The zero-order chi connectivity index (χ0) is 28.8. The number of hydrogen-bond donors (Lipinski definition) is 1. The van der Waals surface area contributed by atoms with E-state index < -0.39 is 36.2 Å². The first-order valence-corrected chi connectivity index (χ1v) is 13.2. The van der Waals surface area contributed by atoms with Gasteiger partial charge in [-0.05, 0) is 49.8 Å². The summed E-state index contributed by atoms with van der Waals surface area (Å²) < 4.78 is 26.3. The topological polar surface area (TPSA) is 140 Å². The Balaban J connectivity index is 2.81. The van der Waals surface area contributed by atoms with Gasteiger partial charge in [-0.1, -0.05) is 54.0 Å². The van der Waals surface area contributed by atoms with Crippen LogP contribution in [0.15, 0.2) is 18.2 Å². The average molecular weight is 538 g/mol. The molecule has 0 aromatic heterocycles. The molecule has 1 aromatic carbocycles. The Kier molecular flexibility index (Phi) is 14.4. The highest BCUT2D eigenvalue weighted by molar-refractivity contribution is 5.79. The van der Waals surface area contributed by atoms with Crippen LogP contribution in [-0.4, -0.2) is 49.4 Å². The number of carbonyl (C=O) groups excluding carboxylic acids is 4. The molecule has 0 saturated carbocycles. The molecule has 3 unspecified atom stereocenters. The van der Waals surface area contributed by atoms with E-state index in [0.29, 0.717) is 18.4 Å².